The van der Waals surface area contributed by atoms with E-state index in [9.17, 15) is 5.26 Å². The van der Waals surface area contributed by atoms with Gasteiger partial charge in [-0.05, 0) is 29.0 Å². The van der Waals surface area contributed by atoms with Gasteiger partial charge in [-0.3, -0.25) is 0 Å². The normalized spacial score (nSPS) is 10.1. The summed E-state index contributed by atoms with van der Waals surface area (Å²) in [6.45, 7) is 3.34. The molecule has 0 aliphatic rings. The van der Waals surface area contributed by atoms with Crippen molar-refractivity contribution in [2.45, 2.75) is 24.9 Å². The summed E-state index contributed by atoms with van der Waals surface area (Å²) in [5.74, 6) is 0.957. The Morgan fingerprint density at radius 1 is 1.14 bits per heavy atom. The summed E-state index contributed by atoms with van der Waals surface area (Å²) in [5.41, 5.74) is 9.50. The fourth-order valence-corrected chi connectivity index (χ4v) is 2.85. The molecule has 3 nitrogen and oxygen atoms in total. The Morgan fingerprint density at radius 3 is 2.48 bits per heavy atom. The molecule has 0 atom stereocenters. The molecule has 2 aromatic rings. The highest BCUT2D eigenvalue weighted by Crippen LogP contribution is 2.28. The second-order valence-corrected chi connectivity index (χ2v) is 5.90. The minimum absolute atomic E-state index is 0.558. The van der Waals surface area contributed by atoms with Gasteiger partial charge in [-0.25, -0.2) is 0 Å². The first kappa shape index (κ1) is 15.4. The second-order valence-electron chi connectivity index (χ2n) is 4.60. The van der Waals surface area contributed by atoms with Gasteiger partial charge in [0.15, 0.2) is 0 Å². The monoisotopic (exact) mass is 297 g/mol. The Kier molecular flexibility index (Phi) is 5.68. The van der Waals surface area contributed by atoms with E-state index in [1.165, 1.54) is 5.56 Å². The van der Waals surface area contributed by atoms with Gasteiger partial charge in [0.2, 0.25) is 0 Å². The van der Waals surface area contributed by atoms with E-state index in [1.807, 2.05) is 30.3 Å². The molecule has 0 saturated carbocycles. The van der Waals surface area contributed by atoms with Crippen molar-refractivity contribution in [2.24, 2.45) is 5.73 Å². The van der Waals surface area contributed by atoms with E-state index in [-0.39, 0.29) is 0 Å². The minimum Gasteiger partial charge on any atom is -0.380 e. The van der Waals surface area contributed by atoms with Crippen LogP contribution in [0.1, 0.15) is 23.6 Å². The molecule has 0 bridgehead atoms. The van der Waals surface area contributed by atoms with E-state index in [0.717, 1.165) is 27.5 Å². The number of benzene rings is 2. The van der Waals surface area contributed by atoms with Crippen molar-refractivity contribution in [3.63, 3.8) is 0 Å². The van der Waals surface area contributed by atoms with Crippen LogP contribution in [0, 0.1) is 11.3 Å². The molecular formula is C17H19N3S. The minimum atomic E-state index is 0.558. The zero-order chi connectivity index (χ0) is 15.1. The van der Waals surface area contributed by atoms with Crippen molar-refractivity contribution in [1.82, 2.24) is 0 Å². The number of rotatable bonds is 6. The maximum Gasteiger partial charge on any atom is 0.102 e. The molecule has 21 heavy (non-hydrogen) atoms. The Balaban J connectivity index is 2.12. The van der Waals surface area contributed by atoms with Gasteiger partial charge in [0.25, 0.3) is 0 Å². The molecule has 4 heteroatoms. The molecule has 108 valence electrons. The molecule has 3 N–H and O–H groups in total. The predicted molar refractivity (Wildman–Crippen MR) is 89.2 cm³/mol. The summed E-state index contributed by atoms with van der Waals surface area (Å²) in [4.78, 5) is 1.03. The van der Waals surface area contributed by atoms with Crippen molar-refractivity contribution in [1.29, 1.82) is 5.26 Å². The third-order valence-electron chi connectivity index (χ3n) is 3.18. The first-order valence-corrected chi connectivity index (χ1v) is 7.94. The molecule has 2 rings (SSSR count). The zero-order valence-corrected chi connectivity index (χ0v) is 12.9. The highest BCUT2D eigenvalue weighted by Gasteiger charge is 2.07. The average Bonchev–Trinajstić information content (AvgIpc) is 2.54. The fraction of sp³-hybridized carbons (Fsp3) is 0.235. The first-order chi connectivity index (χ1) is 10.3. The van der Waals surface area contributed by atoms with Crippen LogP contribution in [0.25, 0.3) is 0 Å². The smallest absolute Gasteiger partial charge is 0.102 e. The zero-order valence-electron chi connectivity index (χ0n) is 12.1. The van der Waals surface area contributed by atoms with Crippen molar-refractivity contribution in [3.8, 4) is 6.07 Å². The summed E-state index contributed by atoms with van der Waals surface area (Å²) in [7, 11) is 0. The summed E-state index contributed by atoms with van der Waals surface area (Å²) in [6, 6.07) is 16.4. The maximum absolute atomic E-state index is 9.37. The Labute approximate surface area is 130 Å². The molecule has 0 aliphatic heterocycles. The molecule has 0 saturated heterocycles. The van der Waals surface area contributed by atoms with E-state index < -0.39 is 0 Å². The van der Waals surface area contributed by atoms with Crippen molar-refractivity contribution >= 4 is 17.4 Å². The molecular weight excluding hydrogens is 278 g/mol. The van der Waals surface area contributed by atoms with Gasteiger partial charge in [-0.15, -0.1) is 11.8 Å². The lowest BCUT2D eigenvalue weighted by Crippen LogP contribution is -2.03. The Bertz CT molecular complexity index is 629. The summed E-state index contributed by atoms with van der Waals surface area (Å²) >= 11 is 1.69. The van der Waals surface area contributed by atoms with Crippen LogP contribution >= 0.6 is 11.8 Å². The third kappa shape index (κ3) is 4.01. The fourth-order valence-electron chi connectivity index (χ4n) is 2.06. The predicted octanol–water partition coefficient (Wildman–Crippen LogP) is 3.74. The van der Waals surface area contributed by atoms with E-state index in [4.69, 9.17) is 5.73 Å². The second kappa shape index (κ2) is 7.72. The van der Waals surface area contributed by atoms with E-state index in [0.29, 0.717) is 13.1 Å². The number of nitrogens with one attached hydrogen (secondary N) is 1. The van der Waals surface area contributed by atoms with Crippen LogP contribution in [0.5, 0.6) is 0 Å². The molecule has 0 unspecified atom stereocenters. The molecule has 0 aliphatic carbocycles. The van der Waals surface area contributed by atoms with Crippen LogP contribution in [0.15, 0.2) is 47.4 Å². The molecule has 0 radical (unpaired) electrons. The first-order valence-electron chi connectivity index (χ1n) is 6.96. The number of nitriles is 1. The molecule has 0 amide bonds. The van der Waals surface area contributed by atoms with Gasteiger partial charge in [0, 0.05) is 18.0 Å². The number of nitrogens with zero attached hydrogens (tertiary/aromatic N) is 1. The van der Waals surface area contributed by atoms with Gasteiger partial charge in [-0.2, -0.15) is 5.26 Å². The van der Waals surface area contributed by atoms with Crippen molar-refractivity contribution in [2.75, 3.05) is 11.1 Å². The number of anilines is 1. The van der Waals surface area contributed by atoms with Gasteiger partial charge in [0.1, 0.15) is 6.07 Å². The molecule has 0 spiro atoms. The van der Waals surface area contributed by atoms with Gasteiger partial charge in [-0.1, -0.05) is 37.3 Å². The van der Waals surface area contributed by atoms with Gasteiger partial charge in [0.05, 0.1) is 11.3 Å². The maximum atomic E-state index is 9.37. The Morgan fingerprint density at radius 2 is 1.86 bits per heavy atom. The molecule has 0 fully saturated rings. The highest BCUT2D eigenvalue weighted by molar-refractivity contribution is 7.99. The third-order valence-corrected chi connectivity index (χ3v) is 4.12. The topological polar surface area (TPSA) is 61.8 Å². The highest BCUT2D eigenvalue weighted by atomic mass is 32.2. The van der Waals surface area contributed by atoms with Gasteiger partial charge >= 0.3 is 0 Å². The van der Waals surface area contributed by atoms with Crippen molar-refractivity contribution < 1.29 is 0 Å². The lowest BCUT2D eigenvalue weighted by Gasteiger charge is -2.11. The standard InChI is InChI=1S/C17H19N3S/c1-2-21-17-5-3-4-16(15(17)11-19)20-12-14-8-6-13(10-18)7-9-14/h3-9,20H,2,10,12,18H2,1H3. The van der Waals surface area contributed by atoms with Crippen LogP contribution in [-0.2, 0) is 13.1 Å². The molecule has 2 aromatic carbocycles. The number of thioether (sulfide) groups is 1. The van der Waals surface area contributed by atoms with Crippen LogP contribution in [-0.4, -0.2) is 5.75 Å². The van der Waals surface area contributed by atoms with Crippen LogP contribution in [0.3, 0.4) is 0 Å². The van der Waals surface area contributed by atoms with Crippen LogP contribution in [0.4, 0.5) is 5.69 Å². The molecule has 0 aromatic heterocycles. The quantitative estimate of drug-likeness (QED) is 0.797. The van der Waals surface area contributed by atoms with Crippen LogP contribution in [0.2, 0.25) is 0 Å². The summed E-state index contributed by atoms with van der Waals surface area (Å²) in [5, 5.41) is 12.7. The average molecular weight is 297 g/mol. The summed E-state index contributed by atoms with van der Waals surface area (Å²) < 4.78 is 0. The number of hydrogen-bond acceptors (Lipinski definition) is 4. The van der Waals surface area contributed by atoms with Gasteiger partial charge < -0.3 is 11.1 Å². The number of hydrogen-bond donors (Lipinski definition) is 2. The van der Waals surface area contributed by atoms with Crippen LogP contribution < -0.4 is 11.1 Å². The van der Waals surface area contributed by atoms with E-state index in [2.05, 4.69) is 30.4 Å². The SMILES string of the molecule is CCSc1cccc(NCc2ccc(CN)cc2)c1C#N. The largest absolute Gasteiger partial charge is 0.380 e. The lowest BCUT2D eigenvalue weighted by molar-refractivity contribution is 1.06. The lowest BCUT2D eigenvalue weighted by atomic mass is 10.1. The summed E-state index contributed by atoms with van der Waals surface area (Å²) in [6.07, 6.45) is 0. The van der Waals surface area contributed by atoms with Crippen molar-refractivity contribution in [3.05, 3.63) is 59.2 Å². The van der Waals surface area contributed by atoms with E-state index >= 15 is 0 Å². The van der Waals surface area contributed by atoms with E-state index in [1.54, 1.807) is 11.8 Å². The Hall–Kier alpha value is -1.96. The number of nitrogens with two attached hydrogens (primary N) is 1. The molecule has 0 heterocycles.